The first-order valence-corrected chi connectivity index (χ1v) is 23.2. The molecule has 0 saturated carbocycles. The monoisotopic (exact) mass is 1130 g/mol. The summed E-state index contributed by atoms with van der Waals surface area (Å²) in [4.78, 5) is 43.6. The third-order valence-corrected chi connectivity index (χ3v) is 12.4. The summed E-state index contributed by atoms with van der Waals surface area (Å²) in [6.07, 6.45) is 12.3. The number of anilines is 1. The maximum Gasteiger partial charge on any atom is 0.496 e. The summed E-state index contributed by atoms with van der Waals surface area (Å²) >= 11 is 11.9. The lowest BCUT2D eigenvalue weighted by molar-refractivity contribution is 0.00578. The Morgan fingerprint density at radius 2 is 1.41 bits per heavy atom. The first kappa shape index (κ1) is 32.7. The van der Waals surface area contributed by atoms with Crippen molar-refractivity contribution in [1.82, 2.24) is 54.8 Å². The van der Waals surface area contributed by atoms with Gasteiger partial charge in [-0.3, -0.25) is 9.97 Å². The summed E-state index contributed by atoms with van der Waals surface area (Å²) in [5.41, 5.74) is 6.39. The van der Waals surface area contributed by atoms with Crippen LogP contribution in [0.5, 0.6) is 17.5 Å². The van der Waals surface area contributed by atoms with Crippen LogP contribution in [0.2, 0.25) is 10.4 Å². The molecule has 424 valence electrons. The number of rotatable bonds is 6. The van der Waals surface area contributed by atoms with Gasteiger partial charge >= 0.3 is 13.1 Å². The van der Waals surface area contributed by atoms with Gasteiger partial charge in [0.05, 0.1) is 70.7 Å². The second kappa shape index (κ2) is 22.3. The smallest absolute Gasteiger partial charge is 0.496 e. The Morgan fingerprint density at radius 1 is 0.784 bits per heavy atom. The second-order valence-corrected chi connectivity index (χ2v) is 18.2. The molecule has 1 saturated heterocycles. The molecule has 7 aromatic heterocycles. The number of nitrogens with one attached hydrogen (secondary N) is 2. The molecule has 11 rings (SSSR count). The zero-order valence-corrected chi connectivity index (χ0v) is 42.0. The summed E-state index contributed by atoms with van der Waals surface area (Å²) in [6, 6.07) is 8.52. The van der Waals surface area contributed by atoms with Crippen LogP contribution >= 0.6 is 23.2 Å². The van der Waals surface area contributed by atoms with Gasteiger partial charge in [-0.05, 0) is 113 Å². The summed E-state index contributed by atoms with van der Waals surface area (Å²) in [6.45, 7) is 13.3. The number of aromatic nitrogens is 11. The molecule has 0 unspecified atom stereocenters. The van der Waals surface area contributed by atoms with Crippen LogP contribution in [0.25, 0.3) is 44.3 Å². The standard InChI is InChI=1S/C22H16F2N6O.C12H8Cl2FN3.C11H15BFNO2.C5H6N2O.CH4.21H2/c1-3-12-4-14(23)6-17-18-20(13-5-15(24)8-25-7-13)29-22(30-21(18)28-19(12)17)31-16-9-26-11(2)27-10-16;1-16-8-3-5(15)2-7-6(8)4-9-10(7)11(13)18-12(14)17-9;1-10(2)11(3,4)16-12(15-10)8-5-9(13)7-14-6-8;1-4-6-2-5(8)3-7-4;;;;;;;;;;;;;;;;;;;;;;/h4-10H,3H2,1-2H3,(H,28,29,30);2-3,16H,4H2,1H3;5-7H,1-4H3;2-3,8H,1H3;1H4;21*1H/i;;;;;21*1+1D. The Bertz CT molecular complexity index is 3560. The molecule has 2 aliphatic rings. The van der Waals surface area contributed by atoms with Gasteiger partial charge in [0.25, 0.3) is 0 Å². The molecule has 2 aromatic carbocycles. The molecule has 1 aliphatic carbocycles. The van der Waals surface area contributed by atoms with Crippen LogP contribution in [0.3, 0.4) is 0 Å². The summed E-state index contributed by atoms with van der Waals surface area (Å²) in [5.74, 6) is 0.136. The van der Waals surface area contributed by atoms with E-state index >= 15 is 0 Å². The molecule has 9 aromatic rings. The van der Waals surface area contributed by atoms with E-state index in [4.69, 9.17) is 105 Å². The number of fused-ring (bicyclic) bond motifs is 6. The first-order valence-electron chi connectivity index (χ1n) is 43.5. The van der Waals surface area contributed by atoms with E-state index in [1.54, 1.807) is 27.1 Å². The normalized spacial score (nSPS) is 15.8. The molecular weight excluding hydrogens is 1000 g/mol. The van der Waals surface area contributed by atoms with E-state index in [9.17, 15) is 17.6 Å². The molecular formula is C51H91BCl2F4N12O4. The minimum atomic E-state index is -0.548. The second-order valence-electron chi connectivity index (χ2n) is 17.5. The number of benzene rings is 2. The van der Waals surface area contributed by atoms with Gasteiger partial charge in [-0.15, -0.1) is 0 Å². The van der Waals surface area contributed by atoms with Crippen LogP contribution in [0, 0.1) is 37.1 Å². The highest BCUT2D eigenvalue weighted by Gasteiger charge is 2.52. The summed E-state index contributed by atoms with van der Waals surface area (Å²) < 4.78 is 282. The Labute approximate surface area is 498 Å². The maximum atomic E-state index is 14.3. The Morgan fingerprint density at radius 3 is 2.01 bits per heavy atom. The van der Waals surface area contributed by atoms with E-state index < -0.39 is 24.1 Å². The van der Waals surface area contributed by atoms with Gasteiger partial charge in [0.1, 0.15) is 45.7 Å². The zero-order valence-electron chi connectivity index (χ0n) is 82.5. The van der Waals surface area contributed by atoms with Gasteiger partial charge in [0, 0.05) is 116 Å². The quantitative estimate of drug-likeness (QED) is 0.0613. The number of aromatic amines is 1. The van der Waals surface area contributed by atoms with Crippen molar-refractivity contribution in [2.75, 3.05) is 12.4 Å². The summed E-state index contributed by atoms with van der Waals surface area (Å²) in [7, 11) is 1.20. The van der Waals surface area contributed by atoms with E-state index in [2.05, 4.69) is 60.1 Å². The Kier molecular flexibility index (Phi) is 9.87. The van der Waals surface area contributed by atoms with Gasteiger partial charge in [-0.25, -0.2) is 47.5 Å². The number of pyridine rings is 2. The SMILES string of the molecule is C.CC1(C)OB(c2cncc(F)c2)OC1(C)C.CCc1cc(F)cc2c1[nH]c1nc(Oc3cnc(C)nc3)nc(-c3cncc(F)c3)c12.CNc1cc(F)cc2c1Cc1nc(Cl)nc(Cl)c1-2.Cc1ncc(O)cn1.[2H][2H].[2H][2H].[2H][2H].[2H][2H].[2H][2H].[2H][2H].[2H][2H].[2H][2H].[2H][2H].[2H][2H].[2H][2H].[2H][2H].[2H][2H].[2H][2H].[2H][2H].[2H][2H].[2H][2H].[2H][2H].[2H][2H].[2H][2H].[2H][2H]. The van der Waals surface area contributed by atoms with Crippen LogP contribution < -0.4 is 15.5 Å². The molecule has 3 N–H and O–H groups in total. The number of hydrogen-bond acceptors (Lipinski definition) is 15. The highest BCUT2D eigenvalue weighted by atomic mass is 35.5. The fourth-order valence-corrected chi connectivity index (χ4v) is 8.25. The number of nitrogens with zero attached hydrogens (tertiary/aromatic N) is 10. The topological polar surface area (TPSA) is 205 Å². The van der Waals surface area contributed by atoms with Crippen LogP contribution in [0.4, 0.5) is 23.2 Å². The minimum Gasteiger partial charge on any atom is -0.505 e. The van der Waals surface area contributed by atoms with Crippen molar-refractivity contribution >= 4 is 63.4 Å². The average molecular weight is 1140 g/mol. The molecule has 74 heavy (non-hydrogen) atoms. The van der Waals surface area contributed by atoms with Crippen molar-refractivity contribution in [3.05, 3.63) is 148 Å². The van der Waals surface area contributed by atoms with E-state index in [1.807, 2.05) is 34.6 Å². The van der Waals surface area contributed by atoms with Crippen LogP contribution in [-0.2, 0) is 22.2 Å². The van der Waals surface area contributed by atoms with E-state index in [0.29, 0.717) is 68.9 Å². The fraction of sp³-hybridized carbons (Fsp3) is 0.255. The van der Waals surface area contributed by atoms with Crippen molar-refractivity contribution in [3.63, 3.8) is 0 Å². The molecule has 8 heterocycles. The van der Waals surface area contributed by atoms with Crippen molar-refractivity contribution in [3.8, 4) is 39.9 Å². The van der Waals surface area contributed by atoms with Crippen molar-refractivity contribution in [2.45, 2.75) is 79.9 Å². The number of aromatic hydroxyl groups is 1. The minimum absolute atomic E-state index is 0. The molecule has 23 heteroatoms. The predicted molar refractivity (Wildman–Crippen MR) is 320 cm³/mol. The highest BCUT2D eigenvalue weighted by molar-refractivity contribution is 6.62. The average Bonchev–Trinajstić information content (AvgIpc) is 1.59. The molecule has 1 fully saturated rings. The maximum absolute atomic E-state index is 14.3. The Balaban J connectivity index is -0.0000000811. The molecule has 1 aliphatic heterocycles. The summed E-state index contributed by atoms with van der Waals surface area (Å²) in [5, 5.41) is 13.1. The van der Waals surface area contributed by atoms with Crippen molar-refractivity contribution in [2.24, 2.45) is 0 Å². The van der Waals surface area contributed by atoms with Gasteiger partial charge in [-0.2, -0.15) is 9.97 Å². The number of hydrogen-bond donors (Lipinski definition) is 3. The number of ether oxygens (including phenoxy) is 1. The third-order valence-electron chi connectivity index (χ3n) is 11.9. The predicted octanol–water partition coefficient (Wildman–Crippen LogP) is 16.3. The molecule has 0 amide bonds. The zero-order chi connectivity index (χ0) is 94.4. The number of H-pyrrole nitrogens is 1. The van der Waals surface area contributed by atoms with Crippen LogP contribution in [-0.4, -0.2) is 85.3 Å². The van der Waals surface area contributed by atoms with Gasteiger partial charge in [-0.1, -0.05) is 26.0 Å². The molecule has 0 bridgehead atoms. The Hall–Kier alpha value is -7.46. The van der Waals surface area contributed by atoms with Crippen LogP contribution in [0.15, 0.2) is 86.0 Å². The van der Waals surface area contributed by atoms with E-state index in [-0.39, 0.29) is 47.1 Å². The first-order chi connectivity index (χ1) is 55.7. The molecule has 0 spiro atoms. The fourth-order valence-electron chi connectivity index (χ4n) is 7.73. The number of halogens is 6. The third kappa shape index (κ3) is 12.0. The van der Waals surface area contributed by atoms with Crippen molar-refractivity contribution in [1.29, 1.82) is 0 Å². The number of aryl methyl sites for hydroxylation is 3. The molecule has 16 nitrogen and oxygen atoms in total. The lowest BCUT2D eigenvalue weighted by Crippen LogP contribution is -2.41. The lowest BCUT2D eigenvalue weighted by Gasteiger charge is -2.32. The van der Waals surface area contributed by atoms with E-state index in [0.717, 1.165) is 46.0 Å². The van der Waals surface area contributed by atoms with Gasteiger partial charge in [0.2, 0.25) is 5.28 Å². The van der Waals surface area contributed by atoms with Crippen LogP contribution in [0.1, 0.15) is 133 Å². The van der Waals surface area contributed by atoms with Gasteiger partial charge in [0.15, 0.2) is 11.5 Å². The van der Waals surface area contributed by atoms with E-state index in [1.165, 1.54) is 67.4 Å². The molecule has 0 atom stereocenters. The lowest BCUT2D eigenvalue weighted by atomic mass is 9.80. The van der Waals surface area contributed by atoms with Gasteiger partial charge < -0.3 is 29.5 Å². The largest absolute Gasteiger partial charge is 0.505 e. The highest BCUT2D eigenvalue weighted by Crippen LogP contribution is 2.44. The van der Waals surface area contributed by atoms with Crippen molar-refractivity contribution < 1.29 is 99.1 Å². The molecule has 0 radical (unpaired) electrons.